The molecule has 0 spiro atoms. The second-order valence-electron chi connectivity index (χ2n) is 28.1. The van der Waals surface area contributed by atoms with Crippen molar-refractivity contribution in [3.8, 4) is 67.6 Å². The Bertz CT molecular complexity index is 5560. The molecule has 1 saturated heterocycles. The van der Waals surface area contributed by atoms with Gasteiger partial charge in [0, 0.05) is 170 Å². The number of aromatic nitrogens is 14. The van der Waals surface area contributed by atoms with Crippen LogP contribution in [0.25, 0.3) is 105 Å². The Morgan fingerprint density at radius 2 is 0.925 bits per heavy atom. The van der Waals surface area contributed by atoms with Crippen LogP contribution in [0.5, 0.6) is 0 Å². The molecule has 0 unspecified atom stereocenters. The first-order chi connectivity index (χ1) is 51.6. The molecule has 25 heteroatoms. The monoisotopic (exact) mass is 1440 g/mol. The van der Waals surface area contributed by atoms with Crippen molar-refractivity contribution in [2.75, 3.05) is 58.5 Å². The van der Waals surface area contributed by atoms with Gasteiger partial charge in [-0.2, -0.15) is 0 Å². The number of benzene rings is 4. The Balaban J connectivity index is 0.000000122. The number of carbonyl (C=O) groups is 3. The number of hydrogen-bond acceptors (Lipinski definition) is 16. The topological polar surface area (TPSA) is 303 Å². The Morgan fingerprint density at radius 1 is 0.500 bits per heavy atom. The van der Waals surface area contributed by atoms with Crippen LogP contribution in [0.1, 0.15) is 111 Å². The van der Waals surface area contributed by atoms with Crippen molar-refractivity contribution in [1.82, 2.24) is 82.7 Å². The molecule has 0 radical (unpaired) electrons. The molecule has 12 heterocycles. The van der Waals surface area contributed by atoms with Crippen molar-refractivity contribution in [1.29, 1.82) is 0 Å². The van der Waals surface area contributed by atoms with E-state index < -0.39 is 0 Å². The lowest BCUT2D eigenvalue weighted by atomic mass is 9.78. The number of nitrogens with one attached hydrogen (secondary N) is 3. The van der Waals surface area contributed by atoms with Gasteiger partial charge >= 0.3 is 6.03 Å². The second-order valence-corrected chi connectivity index (χ2v) is 29.9. The standard InChI is InChI=1S/C30H27N5O.C26H27N7OS.C25H26N8OS/c1-2-20-9-6-10-23-18-24(33-26(20)23)27-28-29(31)32-15-16-35(28)30(34-27)22-13-11-21(12-14-22)25(36)17-19-7-4-3-5-8-19;1-32(2)26(34)16-8-6-15(7-9-16)24-31-21(22-23(27)28-10-12-33(22)24)19-14-17-4-3-5-18(20(17)30-19)25-29-11-13-35-25;1-31(2)25(34)32-10-6-15(7-11-32)23-30-20(21-22(26)27-8-12-33(21)23)18-14-16-4-3-5-17(19(16)29-18)24-28-9-13-35-24/h1,3-10,15-16,18,21-22,33H,11-14,17H2,(H2,31,32);3-5,10-16,30H,6-9H2,1-2H3,(H2,27,28);3-5,8-9,12-15,29H,6-7,10-11H2,1-2H3,(H2,26,27). The summed E-state index contributed by atoms with van der Waals surface area (Å²) in [5.74, 6) is 8.49. The zero-order chi connectivity index (χ0) is 72.9. The van der Waals surface area contributed by atoms with Crippen LogP contribution in [-0.4, -0.2) is 142 Å². The lowest BCUT2D eigenvalue weighted by Gasteiger charge is -2.33. The first kappa shape index (κ1) is 68.4. The number of fused-ring (bicyclic) bond motifs is 6. The minimum atomic E-state index is 0.0553. The lowest BCUT2D eigenvalue weighted by Crippen LogP contribution is -2.43. The van der Waals surface area contributed by atoms with Crippen molar-refractivity contribution in [2.24, 2.45) is 11.8 Å². The lowest BCUT2D eigenvalue weighted by molar-refractivity contribution is -0.134. The molecule has 2 aliphatic carbocycles. The Labute approximate surface area is 619 Å². The van der Waals surface area contributed by atoms with Gasteiger partial charge in [0.25, 0.3) is 0 Å². The third-order valence-corrected chi connectivity index (χ3v) is 22.8. The maximum Gasteiger partial charge on any atom is 0.319 e. The van der Waals surface area contributed by atoms with E-state index in [0.29, 0.717) is 42.7 Å². The fourth-order valence-electron chi connectivity index (χ4n) is 15.9. The molecule has 11 aromatic heterocycles. The van der Waals surface area contributed by atoms with Crippen LogP contribution in [0.3, 0.4) is 0 Å². The van der Waals surface area contributed by atoms with Gasteiger partial charge in [0.1, 0.15) is 84.4 Å². The predicted octanol–water partition coefficient (Wildman–Crippen LogP) is 14.9. The van der Waals surface area contributed by atoms with E-state index in [0.717, 1.165) is 197 Å². The molecule has 106 heavy (non-hydrogen) atoms. The normalized spacial score (nSPS) is 17.0. The zero-order valence-corrected chi connectivity index (χ0v) is 60.9. The number of aromatic amines is 3. The third-order valence-electron chi connectivity index (χ3n) is 21.2. The van der Waals surface area contributed by atoms with E-state index in [9.17, 15) is 14.4 Å². The quantitative estimate of drug-likeness (QED) is 0.0620. The highest BCUT2D eigenvalue weighted by Gasteiger charge is 2.35. The molecule has 18 rings (SSSR count). The van der Waals surface area contributed by atoms with Gasteiger partial charge in [0.15, 0.2) is 0 Å². The van der Waals surface area contributed by atoms with E-state index in [4.69, 9.17) is 38.6 Å². The van der Waals surface area contributed by atoms with Crippen LogP contribution >= 0.6 is 22.7 Å². The number of carbonyl (C=O) groups excluding carboxylic acids is 3. The number of nitrogen functional groups attached to an aromatic ring is 3. The van der Waals surface area contributed by atoms with Crippen LogP contribution in [0.4, 0.5) is 22.2 Å². The van der Waals surface area contributed by atoms with Gasteiger partial charge in [-0.15, -0.1) is 29.1 Å². The minimum Gasteiger partial charge on any atom is -0.382 e. The van der Waals surface area contributed by atoms with Crippen LogP contribution < -0.4 is 17.2 Å². The average molecular weight is 1450 g/mol. The number of anilines is 3. The van der Waals surface area contributed by atoms with Gasteiger partial charge in [0.05, 0.1) is 33.6 Å². The number of nitrogens with two attached hydrogens (primary N) is 3. The highest BCUT2D eigenvalue weighted by molar-refractivity contribution is 7.13. The molecule has 3 aliphatic rings. The number of imidazole rings is 3. The van der Waals surface area contributed by atoms with E-state index in [1.807, 2.05) is 115 Å². The predicted molar refractivity (Wildman–Crippen MR) is 420 cm³/mol. The van der Waals surface area contributed by atoms with Crippen LogP contribution in [0.2, 0.25) is 0 Å². The number of rotatable bonds is 12. The number of piperidine rings is 1. The molecular weight excluding hydrogens is 1370 g/mol. The largest absolute Gasteiger partial charge is 0.382 e. The molecule has 0 bridgehead atoms. The van der Waals surface area contributed by atoms with E-state index in [1.165, 1.54) is 0 Å². The van der Waals surface area contributed by atoms with Gasteiger partial charge in [-0.3, -0.25) is 22.8 Å². The Kier molecular flexibility index (Phi) is 18.7. The molecule has 23 nitrogen and oxygen atoms in total. The van der Waals surface area contributed by atoms with E-state index in [2.05, 4.69) is 108 Å². The molecule has 15 aromatic rings. The van der Waals surface area contributed by atoms with Gasteiger partial charge in [-0.05, 0) is 106 Å². The number of ketones is 1. The minimum absolute atomic E-state index is 0.0553. The number of H-pyrrole nitrogens is 3. The molecular formula is C81H80N20O3S2. The molecule has 3 amide bonds. The maximum absolute atomic E-state index is 12.9. The fraction of sp³-hybridized carbons (Fsp3) is 0.272. The molecule has 2 saturated carbocycles. The number of thiazole rings is 2. The summed E-state index contributed by atoms with van der Waals surface area (Å²) >= 11 is 3.24. The molecule has 0 atom stereocenters. The number of hydrogen-bond donors (Lipinski definition) is 6. The first-order valence-corrected chi connectivity index (χ1v) is 37.6. The SMILES string of the molecule is C#Cc1cccc2cc(-c3nc(C4CCC(C(=O)Cc5ccccc5)CC4)n4ccnc(N)c34)[nH]c12.CN(C)C(=O)C1CCC(c2nc(-c3cc4cccc(-c5nccs5)c4[nH]3)c3c(N)nccn23)CC1.CN(C)C(=O)N1CCC(c2nc(-c3cc4cccc(-c5nccs5)c4[nH]3)c3c(N)nccn23)CC1. The molecule has 1 aliphatic heterocycles. The summed E-state index contributed by atoms with van der Waals surface area (Å²) in [5.41, 5.74) is 33.6. The summed E-state index contributed by atoms with van der Waals surface area (Å²) in [6.07, 6.45) is 29.7. The summed E-state index contributed by atoms with van der Waals surface area (Å²) in [7, 11) is 7.25. The highest BCUT2D eigenvalue weighted by atomic mass is 32.1. The van der Waals surface area contributed by atoms with Crippen molar-refractivity contribution in [3.63, 3.8) is 0 Å². The maximum atomic E-state index is 12.9. The number of urea groups is 1. The summed E-state index contributed by atoms with van der Waals surface area (Å²) in [6, 6.07) is 34.7. The Morgan fingerprint density at radius 3 is 1.35 bits per heavy atom. The first-order valence-electron chi connectivity index (χ1n) is 35.9. The van der Waals surface area contributed by atoms with Crippen molar-refractivity contribution < 1.29 is 14.4 Å². The van der Waals surface area contributed by atoms with Crippen LogP contribution in [-0.2, 0) is 16.0 Å². The van der Waals surface area contributed by atoms with E-state index >= 15 is 0 Å². The number of amides is 3. The number of nitrogens with zero attached hydrogens (tertiary/aromatic N) is 14. The summed E-state index contributed by atoms with van der Waals surface area (Å²) in [6.45, 7) is 1.41. The number of Topliss-reactive ketones (excluding diaryl/α,β-unsaturated/α-hetero) is 1. The fourth-order valence-corrected chi connectivity index (χ4v) is 17.3. The van der Waals surface area contributed by atoms with Crippen LogP contribution in [0, 0.1) is 24.2 Å². The molecule has 4 aromatic carbocycles. The van der Waals surface area contributed by atoms with Gasteiger partial charge in [-0.25, -0.2) is 44.7 Å². The molecule has 9 N–H and O–H groups in total. The summed E-state index contributed by atoms with van der Waals surface area (Å²) < 4.78 is 6.23. The zero-order valence-electron chi connectivity index (χ0n) is 59.3. The summed E-state index contributed by atoms with van der Waals surface area (Å²) in [4.78, 5) is 91.1. The van der Waals surface area contributed by atoms with Crippen molar-refractivity contribution >= 4 is 107 Å². The van der Waals surface area contributed by atoms with Gasteiger partial charge in [-0.1, -0.05) is 72.7 Å². The van der Waals surface area contributed by atoms with E-state index in [1.54, 1.807) is 65.2 Å². The number of para-hydroxylation sites is 3. The van der Waals surface area contributed by atoms with Gasteiger partial charge in [0.2, 0.25) is 5.91 Å². The smallest absolute Gasteiger partial charge is 0.319 e. The van der Waals surface area contributed by atoms with Crippen molar-refractivity contribution in [3.05, 3.63) is 192 Å². The van der Waals surface area contributed by atoms with E-state index in [-0.39, 0.29) is 41.5 Å². The summed E-state index contributed by atoms with van der Waals surface area (Å²) in [5, 5.41) is 9.14. The third kappa shape index (κ3) is 13.0. The van der Waals surface area contributed by atoms with Gasteiger partial charge < -0.3 is 46.9 Å². The van der Waals surface area contributed by atoms with Crippen LogP contribution in [0.15, 0.2) is 163 Å². The highest BCUT2D eigenvalue weighted by Crippen LogP contribution is 2.44. The second kappa shape index (κ2) is 28.9. The average Bonchev–Trinajstić information content (AvgIpc) is 1.61. The molecule has 3 fully saturated rings. The number of likely N-dealkylation sites (tertiary alicyclic amines) is 1. The molecule has 534 valence electrons. The Hall–Kier alpha value is -12.0. The number of terminal acetylenes is 1. The van der Waals surface area contributed by atoms with Crippen molar-refractivity contribution in [2.45, 2.75) is 88.4 Å².